The number of hydrogen-bond acceptors (Lipinski definition) is 6. The Kier molecular flexibility index (Phi) is 4.09. The minimum atomic E-state index is -0.450. The molecule has 2 N–H and O–H groups in total. The van der Waals surface area contributed by atoms with Crippen molar-refractivity contribution >= 4 is 17.3 Å². The van der Waals surface area contributed by atoms with Gasteiger partial charge in [-0.25, -0.2) is 4.98 Å². The van der Waals surface area contributed by atoms with Gasteiger partial charge in [0.1, 0.15) is 5.82 Å². The Labute approximate surface area is 116 Å². The Morgan fingerprint density at radius 2 is 2.15 bits per heavy atom. The second-order valence-corrected chi connectivity index (χ2v) is 4.23. The van der Waals surface area contributed by atoms with E-state index in [1.165, 1.54) is 6.07 Å². The lowest BCUT2D eigenvalue weighted by molar-refractivity contribution is -0.384. The highest BCUT2D eigenvalue weighted by molar-refractivity contribution is 5.60. The summed E-state index contributed by atoms with van der Waals surface area (Å²) in [7, 11) is 1.71. The molecule has 0 spiro atoms. The number of aromatic nitrogens is 2. The number of nitrogens with zero attached hydrogens (tertiary/aromatic N) is 3. The summed E-state index contributed by atoms with van der Waals surface area (Å²) in [6.07, 6.45) is 3.44. The van der Waals surface area contributed by atoms with Crippen molar-refractivity contribution < 1.29 is 4.92 Å². The van der Waals surface area contributed by atoms with Gasteiger partial charge >= 0.3 is 5.69 Å². The van der Waals surface area contributed by atoms with Crippen LogP contribution in [0.4, 0.5) is 17.3 Å². The van der Waals surface area contributed by atoms with Crippen LogP contribution in [0.2, 0.25) is 0 Å². The van der Waals surface area contributed by atoms with Gasteiger partial charge in [0, 0.05) is 32.1 Å². The van der Waals surface area contributed by atoms with Crippen LogP contribution in [0.15, 0.2) is 30.6 Å². The lowest BCUT2D eigenvalue weighted by Crippen LogP contribution is -2.07. The van der Waals surface area contributed by atoms with Crippen molar-refractivity contribution in [2.75, 3.05) is 17.7 Å². The van der Waals surface area contributed by atoms with Crippen molar-refractivity contribution in [1.82, 2.24) is 9.97 Å². The van der Waals surface area contributed by atoms with Crippen molar-refractivity contribution in [2.45, 2.75) is 13.5 Å². The van der Waals surface area contributed by atoms with E-state index in [2.05, 4.69) is 20.6 Å². The summed E-state index contributed by atoms with van der Waals surface area (Å²) in [6.45, 7) is 2.39. The van der Waals surface area contributed by atoms with Crippen molar-refractivity contribution in [1.29, 1.82) is 0 Å². The lowest BCUT2D eigenvalue weighted by atomic mass is 10.1. The van der Waals surface area contributed by atoms with E-state index in [0.29, 0.717) is 12.4 Å². The van der Waals surface area contributed by atoms with Crippen molar-refractivity contribution in [3.8, 4) is 0 Å². The van der Waals surface area contributed by atoms with Gasteiger partial charge in [-0.1, -0.05) is 0 Å². The quantitative estimate of drug-likeness (QED) is 0.641. The summed E-state index contributed by atoms with van der Waals surface area (Å²) in [6, 6.07) is 4.87. The maximum absolute atomic E-state index is 11.0. The molecule has 0 amide bonds. The molecule has 0 saturated heterocycles. The van der Waals surface area contributed by atoms with Crippen LogP contribution in [0.5, 0.6) is 0 Å². The summed E-state index contributed by atoms with van der Waals surface area (Å²) in [4.78, 5) is 18.7. The third-order valence-corrected chi connectivity index (χ3v) is 2.91. The van der Waals surface area contributed by atoms with Crippen LogP contribution in [-0.4, -0.2) is 21.9 Å². The summed E-state index contributed by atoms with van der Waals surface area (Å²) in [5, 5.41) is 16.9. The third kappa shape index (κ3) is 3.00. The van der Waals surface area contributed by atoms with E-state index < -0.39 is 4.92 Å². The molecule has 0 aliphatic carbocycles. The number of anilines is 2. The minimum absolute atomic E-state index is 0.0456. The van der Waals surface area contributed by atoms with Gasteiger partial charge in [-0.2, -0.15) is 0 Å². The van der Waals surface area contributed by atoms with Gasteiger partial charge in [0.25, 0.3) is 0 Å². The highest BCUT2D eigenvalue weighted by Crippen LogP contribution is 2.24. The van der Waals surface area contributed by atoms with Crippen LogP contribution >= 0.6 is 0 Å². The second kappa shape index (κ2) is 5.96. The van der Waals surface area contributed by atoms with Gasteiger partial charge in [-0.05, 0) is 30.2 Å². The van der Waals surface area contributed by atoms with Crippen molar-refractivity contribution in [3.05, 3.63) is 51.8 Å². The predicted molar refractivity (Wildman–Crippen MR) is 76.7 cm³/mol. The maximum atomic E-state index is 11.0. The maximum Gasteiger partial charge on any atom is 0.311 e. The van der Waals surface area contributed by atoms with Crippen LogP contribution in [0.3, 0.4) is 0 Å². The highest BCUT2D eigenvalue weighted by Gasteiger charge is 2.15. The number of hydrogen-bond donors (Lipinski definition) is 2. The number of nitro groups is 1. The number of aryl methyl sites for hydroxylation is 1. The smallest absolute Gasteiger partial charge is 0.311 e. The summed E-state index contributed by atoms with van der Waals surface area (Å²) in [5.41, 5.74) is 1.99. The first-order valence-corrected chi connectivity index (χ1v) is 6.08. The molecule has 0 radical (unpaired) electrons. The Morgan fingerprint density at radius 3 is 2.80 bits per heavy atom. The second-order valence-electron chi connectivity index (χ2n) is 4.23. The first-order chi connectivity index (χ1) is 9.61. The zero-order valence-corrected chi connectivity index (χ0v) is 11.3. The molecule has 2 heterocycles. The third-order valence-electron chi connectivity index (χ3n) is 2.91. The number of pyridine rings is 2. The Morgan fingerprint density at radius 1 is 1.35 bits per heavy atom. The largest absolute Gasteiger partial charge is 0.373 e. The zero-order chi connectivity index (χ0) is 14.5. The molecular weight excluding hydrogens is 258 g/mol. The molecule has 0 aromatic carbocycles. The fourth-order valence-corrected chi connectivity index (χ4v) is 1.75. The van der Waals surface area contributed by atoms with E-state index >= 15 is 0 Å². The monoisotopic (exact) mass is 273 g/mol. The average Bonchev–Trinajstić information content (AvgIpc) is 2.46. The molecule has 0 atom stereocenters. The summed E-state index contributed by atoms with van der Waals surface area (Å²) < 4.78 is 0. The first-order valence-electron chi connectivity index (χ1n) is 6.08. The lowest BCUT2D eigenvalue weighted by Gasteiger charge is -2.09. The normalized spacial score (nSPS) is 10.1. The molecule has 0 aliphatic heterocycles. The van der Waals surface area contributed by atoms with Crippen LogP contribution in [0, 0.1) is 17.0 Å². The van der Waals surface area contributed by atoms with Gasteiger partial charge in [-0.15, -0.1) is 0 Å². The number of rotatable bonds is 5. The van der Waals surface area contributed by atoms with Crippen LogP contribution in [0.1, 0.15) is 11.1 Å². The van der Waals surface area contributed by atoms with E-state index in [0.717, 1.165) is 11.1 Å². The van der Waals surface area contributed by atoms with E-state index in [9.17, 15) is 10.1 Å². The molecule has 0 bridgehead atoms. The molecule has 2 aromatic heterocycles. The van der Waals surface area contributed by atoms with Crippen molar-refractivity contribution in [3.63, 3.8) is 0 Å². The summed E-state index contributed by atoms with van der Waals surface area (Å²) >= 11 is 0. The molecule has 0 unspecified atom stereocenters. The van der Waals surface area contributed by atoms with E-state index in [4.69, 9.17) is 0 Å². The van der Waals surface area contributed by atoms with Gasteiger partial charge in [-0.3, -0.25) is 15.1 Å². The molecule has 0 fully saturated rings. The first kappa shape index (κ1) is 13.7. The SMILES string of the molecule is CNc1ccc([N+](=O)[O-])c(NCc2ccncc2C)n1. The van der Waals surface area contributed by atoms with Crippen LogP contribution in [0.25, 0.3) is 0 Å². The fourth-order valence-electron chi connectivity index (χ4n) is 1.75. The molecule has 20 heavy (non-hydrogen) atoms. The Bertz CT molecular complexity index is 630. The van der Waals surface area contributed by atoms with E-state index in [-0.39, 0.29) is 11.5 Å². The topological polar surface area (TPSA) is 93.0 Å². The molecule has 0 aliphatic rings. The molecule has 104 valence electrons. The van der Waals surface area contributed by atoms with Gasteiger partial charge < -0.3 is 10.6 Å². The van der Waals surface area contributed by atoms with Gasteiger partial charge in [0.05, 0.1) is 4.92 Å². The Hall–Kier alpha value is -2.70. The minimum Gasteiger partial charge on any atom is -0.373 e. The standard InChI is InChI=1S/C13H15N5O2/c1-9-7-15-6-5-10(9)8-16-13-11(18(19)20)3-4-12(14-2)17-13/h3-7H,8H2,1-2H3,(H2,14,16,17). The van der Waals surface area contributed by atoms with Crippen LogP contribution in [-0.2, 0) is 6.54 Å². The molecule has 2 aromatic rings. The molecule has 2 rings (SSSR count). The predicted octanol–water partition coefficient (Wildman–Crippen LogP) is 2.35. The van der Waals surface area contributed by atoms with E-state index in [1.807, 2.05) is 13.0 Å². The highest BCUT2D eigenvalue weighted by atomic mass is 16.6. The molecule has 7 nitrogen and oxygen atoms in total. The van der Waals surface area contributed by atoms with Gasteiger partial charge in [0.2, 0.25) is 5.82 Å². The van der Waals surface area contributed by atoms with Crippen molar-refractivity contribution in [2.24, 2.45) is 0 Å². The summed E-state index contributed by atoms with van der Waals surface area (Å²) in [5.74, 6) is 0.822. The fraction of sp³-hybridized carbons (Fsp3) is 0.231. The average molecular weight is 273 g/mol. The number of nitrogens with one attached hydrogen (secondary N) is 2. The molecule has 7 heteroatoms. The van der Waals surface area contributed by atoms with Gasteiger partial charge in [0.15, 0.2) is 0 Å². The van der Waals surface area contributed by atoms with Crippen LogP contribution < -0.4 is 10.6 Å². The van der Waals surface area contributed by atoms with E-state index in [1.54, 1.807) is 25.5 Å². The zero-order valence-electron chi connectivity index (χ0n) is 11.3. The molecular formula is C13H15N5O2. The molecule has 0 saturated carbocycles. The Balaban J connectivity index is 2.24.